The van der Waals surface area contributed by atoms with E-state index >= 15 is 0 Å². The summed E-state index contributed by atoms with van der Waals surface area (Å²) in [4.78, 5) is 0. The van der Waals surface area contributed by atoms with E-state index in [1.54, 1.807) is 0 Å². The molecule has 1 heterocycles. The van der Waals surface area contributed by atoms with Gasteiger partial charge in [-0.05, 0) is 26.0 Å². The molecule has 0 amide bonds. The van der Waals surface area contributed by atoms with Gasteiger partial charge < -0.3 is 5.32 Å². The molecule has 3 nitrogen and oxygen atoms in total. The van der Waals surface area contributed by atoms with E-state index in [2.05, 4.69) is 15.5 Å². The molecule has 3 heteroatoms. The van der Waals surface area contributed by atoms with Crippen LogP contribution in [0.1, 0.15) is 12.6 Å². The molecule has 0 aliphatic rings. The Bertz CT molecular complexity index is 193. The minimum absolute atomic E-state index is 0.841. The van der Waals surface area contributed by atoms with Gasteiger partial charge in [0.05, 0.1) is 5.69 Å². The molecule has 0 saturated heterocycles. The number of rotatable bonds is 2. The largest absolute Gasteiger partial charge is 0.369 e. The Morgan fingerprint density at radius 1 is 1.40 bits per heavy atom. The van der Waals surface area contributed by atoms with Crippen LogP contribution in [-0.2, 0) is 0 Å². The van der Waals surface area contributed by atoms with Crippen molar-refractivity contribution in [1.29, 1.82) is 0 Å². The van der Waals surface area contributed by atoms with Gasteiger partial charge in [0.25, 0.3) is 0 Å². The fourth-order valence-corrected chi connectivity index (χ4v) is 0.674. The molecule has 1 rings (SSSR count). The maximum Gasteiger partial charge on any atom is 0.148 e. The zero-order chi connectivity index (χ0) is 7.40. The van der Waals surface area contributed by atoms with Crippen LogP contribution in [0.3, 0.4) is 0 Å². The van der Waals surface area contributed by atoms with E-state index in [9.17, 15) is 0 Å². The van der Waals surface area contributed by atoms with Gasteiger partial charge in [-0.3, -0.25) is 0 Å². The number of aryl methyl sites for hydroxylation is 1. The fraction of sp³-hybridized carbons (Fsp3) is 0.429. The maximum atomic E-state index is 3.91. The average molecular weight is 137 g/mol. The highest BCUT2D eigenvalue weighted by Crippen LogP contribution is 1.98. The Labute approximate surface area is 60.5 Å². The number of anilines is 1. The van der Waals surface area contributed by atoms with Crippen LogP contribution in [-0.4, -0.2) is 16.7 Å². The Kier molecular flexibility index (Phi) is 2.20. The smallest absolute Gasteiger partial charge is 0.148 e. The average Bonchev–Trinajstić information content (AvgIpc) is 1.95. The Morgan fingerprint density at radius 3 is 2.70 bits per heavy atom. The van der Waals surface area contributed by atoms with Gasteiger partial charge in [-0.2, -0.15) is 5.10 Å². The second-order valence-electron chi connectivity index (χ2n) is 2.09. The monoisotopic (exact) mass is 137 g/mol. The molecule has 1 N–H and O–H groups in total. The summed E-state index contributed by atoms with van der Waals surface area (Å²) in [6, 6.07) is 3.86. The Hall–Kier alpha value is -1.12. The third-order valence-electron chi connectivity index (χ3n) is 1.16. The molecule has 0 aliphatic carbocycles. The number of aromatic nitrogens is 2. The molecule has 0 bridgehead atoms. The molecule has 0 unspecified atom stereocenters. The Morgan fingerprint density at radius 2 is 2.20 bits per heavy atom. The van der Waals surface area contributed by atoms with Crippen LogP contribution >= 0.6 is 0 Å². The van der Waals surface area contributed by atoms with Crippen molar-refractivity contribution < 1.29 is 0 Å². The number of hydrogen-bond donors (Lipinski definition) is 1. The molecule has 0 atom stereocenters. The molecular formula is C7H11N3. The second-order valence-corrected chi connectivity index (χ2v) is 2.09. The summed E-state index contributed by atoms with van der Waals surface area (Å²) in [7, 11) is 0. The van der Waals surface area contributed by atoms with Crippen molar-refractivity contribution >= 4 is 5.82 Å². The molecule has 0 aliphatic heterocycles. The van der Waals surface area contributed by atoms with Crippen LogP contribution in [0, 0.1) is 6.92 Å². The minimum atomic E-state index is 0.841. The molecule has 0 saturated carbocycles. The summed E-state index contributed by atoms with van der Waals surface area (Å²) in [6.07, 6.45) is 0. The molecule has 0 fully saturated rings. The van der Waals surface area contributed by atoms with Crippen molar-refractivity contribution in [2.45, 2.75) is 13.8 Å². The fourth-order valence-electron chi connectivity index (χ4n) is 0.674. The van der Waals surface area contributed by atoms with E-state index in [1.165, 1.54) is 0 Å². The van der Waals surface area contributed by atoms with Crippen LogP contribution in [0.25, 0.3) is 0 Å². The van der Waals surface area contributed by atoms with E-state index in [1.807, 2.05) is 26.0 Å². The van der Waals surface area contributed by atoms with Gasteiger partial charge in [0, 0.05) is 6.54 Å². The van der Waals surface area contributed by atoms with Gasteiger partial charge in [-0.15, -0.1) is 5.10 Å². The molecule has 1 aromatic heterocycles. The van der Waals surface area contributed by atoms with Gasteiger partial charge in [0.1, 0.15) is 5.82 Å². The molecule has 10 heavy (non-hydrogen) atoms. The van der Waals surface area contributed by atoms with Gasteiger partial charge in [0.15, 0.2) is 0 Å². The van der Waals surface area contributed by atoms with Crippen LogP contribution in [0.4, 0.5) is 5.82 Å². The molecule has 0 spiro atoms. The number of hydrogen-bond acceptors (Lipinski definition) is 3. The molecular weight excluding hydrogens is 126 g/mol. The predicted molar refractivity (Wildman–Crippen MR) is 40.9 cm³/mol. The first-order chi connectivity index (χ1) is 4.83. The number of nitrogens with zero attached hydrogens (tertiary/aromatic N) is 2. The third kappa shape index (κ3) is 1.69. The summed E-state index contributed by atoms with van der Waals surface area (Å²) in [5.41, 5.74) is 0.946. The van der Waals surface area contributed by atoms with E-state index in [4.69, 9.17) is 0 Å². The molecule has 1 aromatic rings. The summed E-state index contributed by atoms with van der Waals surface area (Å²) in [5.74, 6) is 0.841. The van der Waals surface area contributed by atoms with Crippen molar-refractivity contribution in [2.75, 3.05) is 11.9 Å². The lowest BCUT2D eigenvalue weighted by Gasteiger charge is -1.98. The first-order valence-corrected chi connectivity index (χ1v) is 3.37. The summed E-state index contributed by atoms with van der Waals surface area (Å²) in [6.45, 7) is 4.84. The van der Waals surface area contributed by atoms with E-state index in [0.717, 1.165) is 18.1 Å². The van der Waals surface area contributed by atoms with E-state index < -0.39 is 0 Å². The first-order valence-electron chi connectivity index (χ1n) is 3.37. The van der Waals surface area contributed by atoms with Crippen molar-refractivity contribution in [3.8, 4) is 0 Å². The Balaban J connectivity index is 2.69. The van der Waals surface area contributed by atoms with E-state index in [0.29, 0.717) is 0 Å². The van der Waals surface area contributed by atoms with E-state index in [-0.39, 0.29) is 0 Å². The van der Waals surface area contributed by atoms with Crippen LogP contribution in [0.2, 0.25) is 0 Å². The predicted octanol–water partition coefficient (Wildman–Crippen LogP) is 1.22. The van der Waals surface area contributed by atoms with Crippen molar-refractivity contribution in [2.24, 2.45) is 0 Å². The SMILES string of the molecule is CCNc1ccc(C)nn1. The quantitative estimate of drug-likeness (QED) is 0.666. The highest BCUT2D eigenvalue weighted by atomic mass is 15.2. The lowest BCUT2D eigenvalue weighted by atomic mass is 10.4. The maximum absolute atomic E-state index is 3.91. The van der Waals surface area contributed by atoms with Crippen molar-refractivity contribution in [3.05, 3.63) is 17.8 Å². The molecule has 0 radical (unpaired) electrons. The normalized spacial score (nSPS) is 9.40. The molecule has 54 valence electrons. The van der Waals surface area contributed by atoms with Crippen LogP contribution in [0.15, 0.2) is 12.1 Å². The second kappa shape index (κ2) is 3.15. The summed E-state index contributed by atoms with van der Waals surface area (Å²) >= 11 is 0. The van der Waals surface area contributed by atoms with Crippen LogP contribution < -0.4 is 5.32 Å². The zero-order valence-electron chi connectivity index (χ0n) is 6.26. The lowest BCUT2D eigenvalue weighted by Crippen LogP contribution is -2.00. The topological polar surface area (TPSA) is 37.8 Å². The first kappa shape index (κ1) is 6.99. The highest BCUT2D eigenvalue weighted by Gasteiger charge is 1.89. The standard InChI is InChI=1S/C7H11N3/c1-3-8-7-5-4-6(2)9-10-7/h4-5H,3H2,1-2H3,(H,8,10). The summed E-state index contributed by atoms with van der Waals surface area (Å²) < 4.78 is 0. The van der Waals surface area contributed by atoms with Crippen molar-refractivity contribution in [3.63, 3.8) is 0 Å². The summed E-state index contributed by atoms with van der Waals surface area (Å²) in [5, 5.41) is 10.9. The van der Waals surface area contributed by atoms with Gasteiger partial charge in [-0.1, -0.05) is 0 Å². The highest BCUT2D eigenvalue weighted by molar-refractivity contribution is 5.32. The number of nitrogens with one attached hydrogen (secondary N) is 1. The van der Waals surface area contributed by atoms with Gasteiger partial charge in [0.2, 0.25) is 0 Å². The van der Waals surface area contributed by atoms with Gasteiger partial charge in [-0.25, -0.2) is 0 Å². The van der Waals surface area contributed by atoms with Crippen molar-refractivity contribution in [1.82, 2.24) is 10.2 Å². The molecule has 0 aromatic carbocycles. The van der Waals surface area contributed by atoms with Crippen LogP contribution in [0.5, 0.6) is 0 Å². The third-order valence-corrected chi connectivity index (χ3v) is 1.16. The zero-order valence-corrected chi connectivity index (χ0v) is 6.26. The lowest BCUT2D eigenvalue weighted by molar-refractivity contribution is 0.970. The minimum Gasteiger partial charge on any atom is -0.369 e. The van der Waals surface area contributed by atoms with Gasteiger partial charge >= 0.3 is 0 Å².